The van der Waals surface area contributed by atoms with Gasteiger partial charge in [-0.3, -0.25) is 4.79 Å². The molecule has 0 spiro atoms. The van der Waals surface area contributed by atoms with Gasteiger partial charge in [0, 0.05) is 6.42 Å². The summed E-state index contributed by atoms with van der Waals surface area (Å²) in [6.07, 6.45) is 57.5. The van der Waals surface area contributed by atoms with Crippen LogP contribution in [0.5, 0.6) is 0 Å². The van der Waals surface area contributed by atoms with Crippen LogP contribution in [0.15, 0.2) is 122 Å². The number of hydrogen-bond acceptors (Lipinski definition) is 18. The molecule has 3 rings (SSSR count). The summed E-state index contributed by atoms with van der Waals surface area (Å²) < 4.78 is 34.4. The Hall–Kier alpha value is -3.81. The standard InChI is InChI=1S/C81H137NO18/c1-3-5-7-9-11-13-15-17-19-21-22-23-24-25-26-27-28-29-30-31-32-33-34-35-36-37-38-39-40-41-42-43-45-47-49-51-53-55-57-59-69(87)82-64(65(86)58-56-54-52-50-48-46-44-20-18-16-14-12-10-8-6-4-2)63-95-79-75(93)72(90)77(67(61-84)97-79)100-81-76(94)73(91)78(68(62-85)98-81)99-80-74(92)71(89)70(88)66(60-83)96-80/h5,7,11,13,17,19,22-23,25-26,28-29,31-32,34-35,37-38,56,58,64-68,70-81,83-86,88-94H,3-4,6,8-10,12,14-16,18,20-21,24,27,30,33,36,39-55,57,59-63H2,1-2H3,(H,82,87)/b7-5-,13-11-,19-17-,23-22-,26-25-,29-28-,32-31-,35-34-,38-37-,58-56+. The van der Waals surface area contributed by atoms with Gasteiger partial charge in [0.15, 0.2) is 18.9 Å². The van der Waals surface area contributed by atoms with Crippen LogP contribution in [0.1, 0.15) is 251 Å². The molecule has 19 heteroatoms. The lowest BCUT2D eigenvalue weighted by Crippen LogP contribution is -2.66. The van der Waals surface area contributed by atoms with Gasteiger partial charge in [0.2, 0.25) is 5.91 Å². The number of hydrogen-bond donors (Lipinski definition) is 12. The molecule has 0 aromatic carbocycles. The highest BCUT2D eigenvalue weighted by Gasteiger charge is 2.53. The minimum atomic E-state index is -1.98. The van der Waals surface area contributed by atoms with Gasteiger partial charge in [-0.25, -0.2) is 0 Å². The van der Waals surface area contributed by atoms with Crippen LogP contribution in [0.4, 0.5) is 0 Å². The first-order valence-electron chi connectivity index (χ1n) is 38.8. The summed E-state index contributed by atoms with van der Waals surface area (Å²) in [6.45, 7) is 1.61. The quantitative estimate of drug-likeness (QED) is 0.0199. The van der Waals surface area contributed by atoms with Crippen LogP contribution in [-0.4, -0.2) is 193 Å². The van der Waals surface area contributed by atoms with Crippen LogP contribution in [0.25, 0.3) is 0 Å². The van der Waals surface area contributed by atoms with E-state index in [1.165, 1.54) is 109 Å². The maximum Gasteiger partial charge on any atom is 0.220 e. The minimum absolute atomic E-state index is 0.233. The first-order valence-corrected chi connectivity index (χ1v) is 38.8. The van der Waals surface area contributed by atoms with Crippen LogP contribution in [-0.2, 0) is 33.2 Å². The average molecular weight is 1410 g/mol. The second-order valence-corrected chi connectivity index (χ2v) is 27.1. The molecule has 3 fully saturated rings. The number of aliphatic hydroxyl groups excluding tert-OH is 11. The third kappa shape index (κ3) is 40.5. The minimum Gasteiger partial charge on any atom is -0.394 e. The maximum atomic E-state index is 13.4. The van der Waals surface area contributed by atoms with E-state index >= 15 is 0 Å². The Kier molecular flexibility index (Phi) is 54.7. The van der Waals surface area contributed by atoms with Gasteiger partial charge in [-0.1, -0.05) is 277 Å². The van der Waals surface area contributed by atoms with Crippen molar-refractivity contribution in [2.45, 2.75) is 356 Å². The molecule has 0 saturated carbocycles. The molecule has 0 aromatic heterocycles. The average Bonchev–Trinajstić information content (AvgIpc) is 0.784. The van der Waals surface area contributed by atoms with E-state index < -0.39 is 124 Å². The summed E-state index contributed by atoms with van der Waals surface area (Å²) in [7, 11) is 0. The first kappa shape index (κ1) is 90.4. The van der Waals surface area contributed by atoms with E-state index in [-0.39, 0.29) is 18.9 Å². The first-order chi connectivity index (χ1) is 48.8. The number of nitrogens with one attached hydrogen (secondary N) is 1. The van der Waals surface area contributed by atoms with Crippen molar-refractivity contribution in [2.75, 3.05) is 26.4 Å². The van der Waals surface area contributed by atoms with Gasteiger partial charge >= 0.3 is 0 Å². The lowest BCUT2D eigenvalue weighted by molar-refractivity contribution is -0.379. The second kappa shape index (κ2) is 60.5. The highest BCUT2D eigenvalue weighted by Crippen LogP contribution is 2.33. The molecule has 100 heavy (non-hydrogen) atoms. The van der Waals surface area contributed by atoms with Gasteiger partial charge in [0.05, 0.1) is 38.6 Å². The number of unbranched alkanes of at least 4 members (excludes halogenated alkanes) is 25. The number of ether oxygens (including phenoxy) is 6. The monoisotopic (exact) mass is 1410 g/mol. The predicted molar refractivity (Wildman–Crippen MR) is 397 cm³/mol. The highest BCUT2D eigenvalue weighted by molar-refractivity contribution is 5.76. The van der Waals surface area contributed by atoms with Gasteiger partial charge in [-0.15, -0.1) is 0 Å². The number of carbonyl (C=O) groups excluding carboxylic acids is 1. The number of rotatable bonds is 59. The largest absolute Gasteiger partial charge is 0.394 e. The summed E-state index contributed by atoms with van der Waals surface area (Å²) in [5.41, 5.74) is 0. The SMILES string of the molecule is CC/C=C\C/C=C\C/C=C\C/C=C\C/C=C\C/C=C\C/C=C\C/C=C\C/C=C\CCCCCCCCCCCCCC(=O)NC(COC1OC(CO)C(OC2OC(CO)C(OC3OC(CO)C(O)C(O)C3O)C(O)C2O)C(O)C1O)C(O)/C=C/CCCCCCCCCCCCCCCC. The Morgan fingerprint density at radius 3 is 1.08 bits per heavy atom. The fourth-order valence-corrected chi connectivity index (χ4v) is 12.3. The molecule has 17 atom stereocenters. The topological polar surface area (TPSA) is 307 Å². The Labute approximate surface area is 601 Å². The Bertz CT molecular complexity index is 2280. The fourth-order valence-electron chi connectivity index (χ4n) is 12.3. The van der Waals surface area contributed by atoms with Gasteiger partial charge in [-0.2, -0.15) is 0 Å². The van der Waals surface area contributed by atoms with E-state index in [0.717, 1.165) is 116 Å². The fraction of sp³-hybridized carbons (Fsp3) is 0.741. The number of allylic oxidation sites excluding steroid dienone is 19. The van der Waals surface area contributed by atoms with Crippen molar-refractivity contribution in [3.05, 3.63) is 122 Å². The van der Waals surface area contributed by atoms with Gasteiger partial charge in [-0.05, 0) is 89.9 Å². The summed E-state index contributed by atoms with van der Waals surface area (Å²) in [4.78, 5) is 13.4. The van der Waals surface area contributed by atoms with Gasteiger partial charge < -0.3 is 89.9 Å². The lowest BCUT2D eigenvalue weighted by Gasteiger charge is -2.48. The zero-order valence-corrected chi connectivity index (χ0v) is 61.1. The van der Waals surface area contributed by atoms with Crippen molar-refractivity contribution in [2.24, 2.45) is 0 Å². The van der Waals surface area contributed by atoms with Crippen molar-refractivity contribution >= 4 is 5.91 Å². The van der Waals surface area contributed by atoms with E-state index in [4.69, 9.17) is 28.4 Å². The molecule has 3 saturated heterocycles. The summed E-state index contributed by atoms with van der Waals surface area (Å²) >= 11 is 0. The van der Waals surface area contributed by atoms with Crippen molar-refractivity contribution in [3.8, 4) is 0 Å². The van der Waals surface area contributed by atoms with E-state index in [2.05, 4.69) is 129 Å². The summed E-state index contributed by atoms with van der Waals surface area (Å²) in [5, 5.41) is 121. The molecule has 17 unspecified atom stereocenters. The van der Waals surface area contributed by atoms with Crippen molar-refractivity contribution in [1.82, 2.24) is 5.32 Å². The third-order valence-corrected chi connectivity index (χ3v) is 18.5. The number of carbonyl (C=O) groups is 1. The molecule has 0 aliphatic carbocycles. The molecule has 3 aliphatic heterocycles. The normalized spacial score (nSPS) is 27.1. The summed E-state index contributed by atoms with van der Waals surface area (Å²) in [5.74, 6) is -0.283. The zero-order valence-electron chi connectivity index (χ0n) is 61.1. The van der Waals surface area contributed by atoms with Crippen molar-refractivity contribution in [1.29, 1.82) is 0 Å². The van der Waals surface area contributed by atoms with Crippen LogP contribution in [0, 0.1) is 0 Å². The zero-order chi connectivity index (χ0) is 72.5. The molecule has 19 nitrogen and oxygen atoms in total. The number of aliphatic hydroxyl groups is 11. The number of amides is 1. The molecule has 12 N–H and O–H groups in total. The maximum absolute atomic E-state index is 13.4. The van der Waals surface area contributed by atoms with E-state index in [9.17, 15) is 61.0 Å². The van der Waals surface area contributed by atoms with Crippen LogP contribution in [0.3, 0.4) is 0 Å². The van der Waals surface area contributed by atoms with E-state index in [1.54, 1.807) is 6.08 Å². The van der Waals surface area contributed by atoms with Crippen LogP contribution < -0.4 is 5.32 Å². The van der Waals surface area contributed by atoms with Gasteiger partial charge in [0.25, 0.3) is 0 Å². The third-order valence-electron chi connectivity index (χ3n) is 18.5. The molecule has 574 valence electrons. The molecule has 0 bridgehead atoms. The highest BCUT2D eigenvalue weighted by atomic mass is 16.8. The Balaban J connectivity index is 1.34. The van der Waals surface area contributed by atoms with Gasteiger partial charge in [0.1, 0.15) is 73.2 Å². The molecule has 3 aliphatic rings. The predicted octanol–water partition coefficient (Wildman–Crippen LogP) is 12.3. The van der Waals surface area contributed by atoms with E-state index in [0.29, 0.717) is 6.42 Å². The van der Waals surface area contributed by atoms with Crippen LogP contribution in [0.2, 0.25) is 0 Å². The van der Waals surface area contributed by atoms with Crippen molar-refractivity contribution in [3.63, 3.8) is 0 Å². The Morgan fingerprint density at radius 1 is 0.370 bits per heavy atom. The molecule has 0 radical (unpaired) electrons. The smallest absolute Gasteiger partial charge is 0.220 e. The molecule has 3 heterocycles. The van der Waals surface area contributed by atoms with E-state index in [1.807, 2.05) is 6.08 Å². The molecular formula is C81H137NO18. The van der Waals surface area contributed by atoms with Crippen molar-refractivity contribution < 1.29 is 89.4 Å². The second-order valence-electron chi connectivity index (χ2n) is 27.1. The Morgan fingerprint density at radius 2 is 0.690 bits per heavy atom. The molecular weight excluding hydrogens is 1270 g/mol. The molecule has 0 aromatic rings. The lowest BCUT2D eigenvalue weighted by atomic mass is 9.96. The van der Waals surface area contributed by atoms with Crippen LogP contribution >= 0.6 is 0 Å². The molecule has 1 amide bonds. The summed E-state index contributed by atoms with van der Waals surface area (Å²) in [6, 6.07) is -0.982.